The number of ether oxygens (including phenoxy) is 2. The maximum atomic E-state index is 6.49. The molecule has 0 aliphatic rings. The highest BCUT2D eigenvalue weighted by Crippen LogP contribution is 2.38. The van der Waals surface area contributed by atoms with Crippen LogP contribution in [-0.2, 0) is 6.54 Å². The second-order valence-corrected chi connectivity index (χ2v) is 6.26. The van der Waals surface area contributed by atoms with Gasteiger partial charge in [0.2, 0.25) is 5.95 Å². The van der Waals surface area contributed by atoms with Crippen LogP contribution in [0.3, 0.4) is 0 Å². The molecule has 24 heavy (non-hydrogen) atoms. The van der Waals surface area contributed by atoms with Gasteiger partial charge in [0.15, 0.2) is 5.65 Å². The Kier molecular flexibility index (Phi) is 4.51. The molecule has 1 aromatic carbocycles. The number of aromatic nitrogens is 4. The molecule has 0 bridgehead atoms. The van der Waals surface area contributed by atoms with Crippen LogP contribution in [0, 0.1) is 6.92 Å². The van der Waals surface area contributed by atoms with Gasteiger partial charge in [-0.3, -0.25) is 0 Å². The van der Waals surface area contributed by atoms with Gasteiger partial charge in [0.05, 0.1) is 32.1 Å². The number of benzene rings is 1. The average molecular weight is 413 g/mol. The second kappa shape index (κ2) is 6.45. The summed E-state index contributed by atoms with van der Waals surface area (Å²) >= 11 is 9.84. The largest absolute Gasteiger partial charge is 0.496 e. The molecule has 2 heterocycles. The zero-order chi connectivity index (χ0) is 17.4. The van der Waals surface area contributed by atoms with E-state index in [2.05, 4.69) is 30.9 Å². The maximum absolute atomic E-state index is 6.49. The Morgan fingerprint density at radius 3 is 2.71 bits per heavy atom. The number of anilines is 1. The number of methoxy groups -OCH3 is 2. The van der Waals surface area contributed by atoms with Crippen LogP contribution in [0.2, 0.25) is 5.02 Å². The summed E-state index contributed by atoms with van der Waals surface area (Å²) in [5.74, 6) is 1.46. The Bertz CT molecular complexity index is 928. The van der Waals surface area contributed by atoms with E-state index in [9.17, 15) is 0 Å². The summed E-state index contributed by atoms with van der Waals surface area (Å²) in [5.41, 5.74) is 8.64. The molecule has 0 saturated carbocycles. The quantitative estimate of drug-likeness (QED) is 0.662. The van der Waals surface area contributed by atoms with Gasteiger partial charge in [-0.25, -0.2) is 9.97 Å². The number of nitrogen functional groups attached to an aromatic ring is 1. The van der Waals surface area contributed by atoms with Crippen molar-refractivity contribution in [2.24, 2.45) is 0 Å². The van der Waals surface area contributed by atoms with Crippen LogP contribution < -0.4 is 15.2 Å². The van der Waals surface area contributed by atoms with Crippen LogP contribution in [0.15, 0.2) is 17.0 Å². The molecule has 0 fully saturated rings. The SMILES string of the molecule is COc1cc(Cn2cnc3c(Br)nc(N)nc32)c(Cl)c(OC)c1C. The van der Waals surface area contributed by atoms with E-state index < -0.39 is 0 Å². The Labute approximate surface area is 151 Å². The monoisotopic (exact) mass is 411 g/mol. The van der Waals surface area contributed by atoms with E-state index in [4.69, 9.17) is 26.8 Å². The van der Waals surface area contributed by atoms with Crippen LogP contribution >= 0.6 is 27.5 Å². The lowest BCUT2D eigenvalue weighted by atomic mass is 10.1. The number of imidazole rings is 1. The van der Waals surface area contributed by atoms with E-state index in [-0.39, 0.29) is 5.95 Å². The zero-order valence-electron chi connectivity index (χ0n) is 13.3. The minimum atomic E-state index is 0.168. The van der Waals surface area contributed by atoms with Gasteiger partial charge in [0.25, 0.3) is 0 Å². The minimum absolute atomic E-state index is 0.168. The van der Waals surface area contributed by atoms with Gasteiger partial charge in [-0.1, -0.05) is 11.6 Å². The predicted molar refractivity (Wildman–Crippen MR) is 95.8 cm³/mol. The fourth-order valence-electron chi connectivity index (χ4n) is 2.55. The van der Waals surface area contributed by atoms with Gasteiger partial charge < -0.3 is 19.8 Å². The van der Waals surface area contributed by atoms with Crippen molar-refractivity contribution in [3.8, 4) is 11.5 Å². The molecule has 0 amide bonds. The number of rotatable bonds is 4. The third kappa shape index (κ3) is 2.76. The van der Waals surface area contributed by atoms with Crippen molar-refractivity contribution >= 4 is 44.6 Å². The number of hydrogen-bond acceptors (Lipinski definition) is 6. The molecule has 7 nitrogen and oxygen atoms in total. The summed E-state index contributed by atoms with van der Waals surface area (Å²) in [4.78, 5) is 12.6. The molecule has 0 radical (unpaired) electrons. The first-order valence-corrected chi connectivity index (χ1v) is 8.17. The first kappa shape index (κ1) is 16.8. The lowest BCUT2D eigenvalue weighted by Crippen LogP contribution is -2.05. The van der Waals surface area contributed by atoms with E-state index in [0.29, 0.717) is 38.8 Å². The molecule has 0 unspecified atom stereocenters. The lowest BCUT2D eigenvalue weighted by molar-refractivity contribution is 0.388. The molecule has 126 valence electrons. The van der Waals surface area contributed by atoms with Gasteiger partial charge in [-0.05, 0) is 34.5 Å². The first-order chi connectivity index (χ1) is 11.5. The minimum Gasteiger partial charge on any atom is -0.496 e. The Morgan fingerprint density at radius 1 is 1.29 bits per heavy atom. The van der Waals surface area contributed by atoms with Crippen molar-refractivity contribution in [1.82, 2.24) is 19.5 Å². The Hall–Kier alpha value is -2.06. The Balaban J connectivity index is 2.12. The average Bonchev–Trinajstić information content (AvgIpc) is 2.93. The van der Waals surface area contributed by atoms with Gasteiger partial charge in [0.1, 0.15) is 21.6 Å². The molecule has 0 atom stereocenters. The van der Waals surface area contributed by atoms with Gasteiger partial charge >= 0.3 is 0 Å². The molecule has 0 aliphatic carbocycles. The van der Waals surface area contributed by atoms with Crippen LogP contribution in [0.25, 0.3) is 11.2 Å². The van der Waals surface area contributed by atoms with Crippen molar-refractivity contribution in [3.63, 3.8) is 0 Å². The second-order valence-electron chi connectivity index (χ2n) is 5.13. The summed E-state index contributed by atoms with van der Waals surface area (Å²) < 4.78 is 13.2. The van der Waals surface area contributed by atoms with Gasteiger partial charge in [-0.2, -0.15) is 4.98 Å². The fraction of sp³-hybridized carbons (Fsp3) is 0.267. The molecule has 0 aliphatic heterocycles. The smallest absolute Gasteiger partial charge is 0.223 e. The van der Waals surface area contributed by atoms with Crippen LogP contribution in [0.5, 0.6) is 11.5 Å². The third-order valence-corrected chi connectivity index (χ3v) is 4.67. The highest BCUT2D eigenvalue weighted by Gasteiger charge is 2.17. The number of nitrogens with two attached hydrogens (primary N) is 1. The molecule has 0 spiro atoms. The molecular formula is C15H15BrClN5O2. The Morgan fingerprint density at radius 2 is 2.04 bits per heavy atom. The molecule has 2 aromatic heterocycles. The summed E-state index contributed by atoms with van der Waals surface area (Å²) in [6, 6.07) is 1.88. The summed E-state index contributed by atoms with van der Waals surface area (Å²) in [7, 11) is 3.19. The predicted octanol–water partition coefficient (Wildman–Crippen LogP) is 3.20. The van der Waals surface area contributed by atoms with Gasteiger partial charge in [-0.15, -0.1) is 0 Å². The van der Waals surface area contributed by atoms with Crippen molar-refractivity contribution in [2.75, 3.05) is 20.0 Å². The van der Waals surface area contributed by atoms with Crippen molar-refractivity contribution in [3.05, 3.63) is 33.1 Å². The summed E-state index contributed by atoms with van der Waals surface area (Å²) in [5, 5.41) is 0.527. The van der Waals surface area contributed by atoms with Gasteiger partial charge in [0, 0.05) is 5.56 Å². The van der Waals surface area contributed by atoms with E-state index >= 15 is 0 Å². The number of halogens is 2. The topological polar surface area (TPSA) is 88.1 Å². The molecule has 2 N–H and O–H groups in total. The van der Waals surface area contributed by atoms with Crippen molar-refractivity contribution in [1.29, 1.82) is 0 Å². The zero-order valence-corrected chi connectivity index (χ0v) is 15.6. The lowest BCUT2D eigenvalue weighted by Gasteiger charge is -2.16. The fourth-order valence-corrected chi connectivity index (χ4v) is 3.34. The number of fused-ring (bicyclic) bond motifs is 1. The van der Waals surface area contributed by atoms with E-state index in [1.807, 2.05) is 17.6 Å². The maximum Gasteiger partial charge on any atom is 0.223 e. The highest BCUT2D eigenvalue weighted by molar-refractivity contribution is 9.10. The van der Waals surface area contributed by atoms with E-state index in [1.165, 1.54) is 0 Å². The standard InChI is InChI=1S/C15H15BrClN5O2/c1-7-9(23-2)4-8(10(17)12(7)24-3)5-22-6-19-11-13(16)20-15(18)21-14(11)22/h4,6H,5H2,1-3H3,(H2,18,20,21). The summed E-state index contributed by atoms with van der Waals surface area (Å²) in [6.45, 7) is 2.33. The van der Waals surface area contributed by atoms with Crippen LogP contribution in [-0.4, -0.2) is 33.7 Å². The molecular weight excluding hydrogens is 398 g/mol. The molecule has 9 heteroatoms. The highest BCUT2D eigenvalue weighted by atomic mass is 79.9. The summed E-state index contributed by atoms with van der Waals surface area (Å²) in [6.07, 6.45) is 1.67. The third-order valence-electron chi connectivity index (χ3n) is 3.70. The normalized spacial score (nSPS) is 11.0. The van der Waals surface area contributed by atoms with E-state index in [1.54, 1.807) is 20.5 Å². The van der Waals surface area contributed by atoms with Crippen molar-refractivity contribution < 1.29 is 9.47 Å². The molecule has 3 rings (SSSR count). The van der Waals surface area contributed by atoms with Crippen molar-refractivity contribution in [2.45, 2.75) is 13.5 Å². The number of hydrogen-bond donors (Lipinski definition) is 1. The first-order valence-electron chi connectivity index (χ1n) is 7.00. The molecule has 3 aromatic rings. The molecule has 0 saturated heterocycles. The van der Waals surface area contributed by atoms with Crippen LogP contribution in [0.1, 0.15) is 11.1 Å². The van der Waals surface area contributed by atoms with Crippen LogP contribution in [0.4, 0.5) is 5.95 Å². The number of nitrogens with zero attached hydrogens (tertiary/aromatic N) is 4. The van der Waals surface area contributed by atoms with E-state index in [0.717, 1.165) is 11.1 Å².